The summed E-state index contributed by atoms with van der Waals surface area (Å²) in [5.41, 5.74) is 0.847. The van der Waals surface area contributed by atoms with E-state index in [4.69, 9.17) is 23.9 Å². The van der Waals surface area contributed by atoms with Crippen LogP contribution in [0.25, 0.3) is 10.2 Å². The van der Waals surface area contributed by atoms with Crippen LogP contribution in [-0.2, 0) is 9.53 Å². The summed E-state index contributed by atoms with van der Waals surface area (Å²) in [6.45, 7) is 9.47. The van der Waals surface area contributed by atoms with Crippen LogP contribution in [-0.4, -0.2) is 75.0 Å². The number of rotatable bonds is 11. The van der Waals surface area contributed by atoms with E-state index in [0.29, 0.717) is 30.6 Å². The molecule has 1 aliphatic heterocycles. The summed E-state index contributed by atoms with van der Waals surface area (Å²) in [7, 11) is 0. The maximum Gasteiger partial charge on any atom is 0.266 e. The van der Waals surface area contributed by atoms with Crippen molar-refractivity contribution in [3.8, 4) is 17.2 Å². The molecule has 0 bridgehead atoms. The Hall–Kier alpha value is -2.88. The molecule has 1 fully saturated rings. The zero-order valence-corrected chi connectivity index (χ0v) is 20.5. The normalized spacial score (nSPS) is 14.2. The number of hydrogen-bond acceptors (Lipinski definition) is 8. The average molecular weight is 486 g/mol. The number of morpholine rings is 1. The van der Waals surface area contributed by atoms with Gasteiger partial charge in [0.25, 0.3) is 5.91 Å². The highest BCUT2D eigenvalue weighted by Crippen LogP contribution is 2.32. The van der Waals surface area contributed by atoms with E-state index >= 15 is 0 Å². The SMILES string of the molecule is CCOc1ccc(OCC(=O)N(CCN2CCOCC2)c2nc3ccc(OCC)cc3s2)cc1. The number of fused-ring (bicyclic) bond motifs is 1. The zero-order chi connectivity index (χ0) is 23.8. The molecule has 3 aromatic rings. The van der Waals surface area contributed by atoms with Gasteiger partial charge in [-0.2, -0.15) is 0 Å². The van der Waals surface area contributed by atoms with Gasteiger partial charge in [0.05, 0.1) is 36.6 Å². The van der Waals surface area contributed by atoms with Crippen LogP contribution in [0.1, 0.15) is 13.8 Å². The second-order valence-electron chi connectivity index (χ2n) is 7.75. The van der Waals surface area contributed by atoms with Gasteiger partial charge in [-0.15, -0.1) is 0 Å². The third-order valence-electron chi connectivity index (χ3n) is 5.43. The largest absolute Gasteiger partial charge is 0.494 e. The Morgan fingerprint density at radius 3 is 2.35 bits per heavy atom. The molecule has 0 spiro atoms. The lowest BCUT2D eigenvalue weighted by molar-refractivity contribution is -0.120. The molecule has 1 aromatic heterocycles. The van der Waals surface area contributed by atoms with Crippen molar-refractivity contribution in [1.29, 1.82) is 0 Å². The highest BCUT2D eigenvalue weighted by molar-refractivity contribution is 7.22. The van der Waals surface area contributed by atoms with E-state index in [1.165, 1.54) is 11.3 Å². The van der Waals surface area contributed by atoms with E-state index in [-0.39, 0.29) is 12.5 Å². The average Bonchev–Trinajstić information content (AvgIpc) is 3.28. The fraction of sp³-hybridized carbons (Fsp3) is 0.440. The van der Waals surface area contributed by atoms with Crippen molar-refractivity contribution in [2.24, 2.45) is 0 Å². The van der Waals surface area contributed by atoms with Crippen molar-refractivity contribution in [2.75, 3.05) is 64.1 Å². The van der Waals surface area contributed by atoms with Crippen LogP contribution in [0.15, 0.2) is 42.5 Å². The quantitative estimate of drug-likeness (QED) is 0.409. The summed E-state index contributed by atoms with van der Waals surface area (Å²) in [4.78, 5) is 22.1. The van der Waals surface area contributed by atoms with Crippen LogP contribution in [0.5, 0.6) is 17.2 Å². The summed E-state index contributed by atoms with van der Waals surface area (Å²) in [5, 5.41) is 0.664. The van der Waals surface area contributed by atoms with Gasteiger partial charge in [0.15, 0.2) is 11.7 Å². The van der Waals surface area contributed by atoms with Crippen molar-refractivity contribution in [3.05, 3.63) is 42.5 Å². The monoisotopic (exact) mass is 485 g/mol. The molecule has 0 atom stereocenters. The minimum Gasteiger partial charge on any atom is -0.494 e. The highest BCUT2D eigenvalue weighted by atomic mass is 32.1. The van der Waals surface area contributed by atoms with Gasteiger partial charge in [0.1, 0.15) is 17.2 Å². The molecule has 1 saturated heterocycles. The summed E-state index contributed by atoms with van der Waals surface area (Å²) in [5.74, 6) is 2.06. The molecule has 34 heavy (non-hydrogen) atoms. The summed E-state index contributed by atoms with van der Waals surface area (Å²) >= 11 is 1.49. The lowest BCUT2D eigenvalue weighted by Crippen LogP contribution is -2.44. The number of carbonyl (C=O) groups excluding carboxylic acids is 1. The second kappa shape index (κ2) is 12.0. The maximum absolute atomic E-state index is 13.3. The molecule has 4 rings (SSSR count). The van der Waals surface area contributed by atoms with Gasteiger partial charge in [-0.25, -0.2) is 4.98 Å². The van der Waals surface area contributed by atoms with Gasteiger partial charge in [0.2, 0.25) is 0 Å². The zero-order valence-electron chi connectivity index (χ0n) is 19.7. The molecule has 0 aliphatic carbocycles. The van der Waals surface area contributed by atoms with Gasteiger partial charge in [-0.05, 0) is 56.3 Å². The van der Waals surface area contributed by atoms with Crippen LogP contribution >= 0.6 is 11.3 Å². The highest BCUT2D eigenvalue weighted by Gasteiger charge is 2.22. The smallest absolute Gasteiger partial charge is 0.266 e. The number of amides is 1. The van der Waals surface area contributed by atoms with Crippen molar-refractivity contribution >= 4 is 32.6 Å². The molecule has 1 aliphatic rings. The molecule has 8 nitrogen and oxygen atoms in total. The molecule has 0 unspecified atom stereocenters. The van der Waals surface area contributed by atoms with Crippen LogP contribution in [0.3, 0.4) is 0 Å². The van der Waals surface area contributed by atoms with Crippen LogP contribution in [0.2, 0.25) is 0 Å². The molecule has 0 saturated carbocycles. The van der Waals surface area contributed by atoms with Crippen molar-refractivity contribution in [2.45, 2.75) is 13.8 Å². The van der Waals surface area contributed by atoms with E-state index in [1.54, 1.807) is 4.90 Å². The summed E-state index contributed by atoms with van der Waals surface area (Å²) in [6, 6.07) is 13.1. The van der Waals surface area contributed by atoms with E-state index in [0.717, 1.165) is 54.6 Å². The Bertz CT molecular complexity index is 1070. The number of aromatic nitrogens is 1. The number of carbonyl (C=O) groups is 1. The second-order valence-corrected chi connectivity index (χ2v) is 8.76. The van der Waals surface area contributed by atoms with E-state index in [9.17, 15) is 4.79 Å². The van der Waals surface area contributed by atoms with Crippen LogP contribution in [0, 0.1) is 0 Å². The van der Waals surface area contributed by atoms with Gasteiger partial charge >= 0.3 is 0 Å². The van der Waals surface area contributed by atoms with Gasteiger partial charge in [-0.3, -0.25) is 14.6 Å². The van der Waals surface area contributed by atoms with Crippen LogP contribution in [0.4, 0.5) is 5.13 Å². The molecule has 1 amide bonds. The number of nitrogens with zero attached hydrogens (tertiary/aromatic N) is 3. The topological polar surface area (TPSA) is 73.4 Å². The molecule has 2 heterocycles. The Labute approximate surface area is 204 Å². The Kier molecular flexibility index (Phi) is 8.56. The first-order chi connectivity index (χ1) is 16.7. The van der Waals surface area contributed by atoms with Gasteiger partial charge in [-0.1, -0.05) is 11.3 Å². The van der Waals surface area contributed by atoms with Crippen molar-refractivity contribution < 1.29 is 23.7 Å². The number of hydrogen-bond donors (Lipinski definition) is 0. The molecule has 182 valence electrons. The molecular formula is C25H31N3O5S. The number of ether oxygens (including phenoxy) is 4. The molecular weight excluding hydrogens is 454 g/mol. The van der Waals surface area contributed by atoms with E-state index in [2.05, 4.69) is 4.90 Å². The van der Waals surface area contributed by atoms with Crippen LogP contribution < -0.4 is 19.1 Å². The molecule has 9 heteroatoms. The third kappa shape index (κ3) is 6.37. The lowest BCUT2D eigenvalue weighted by atomic mass is 10.3. The molecule has 2 aromatic carbocycles. The Balaban J connectivity index is 1.48. The van der Waals surface area contributed by atoms with Gasteiger partial charge < -0.3 is 18.9 Å². The van der Waals surface area contributed by atoms with Gasteiger partial charge in [0, 0.05) is 26.2 Å². The lowest BCUT2D eigenvalue weighted by Gasteiger charge is -2.29. The number of thiazole rings is 1. The predicted octanol–water partition coefficient (Wildman–Crippen LogP) is 3.84. The maximum atomic E-state index is 13.3. The minimum absolute atomic E-state index is 0.0722. The fourth-order valence-electron chi connectivity index (χ4n) is 3.68. The summed E-state index contributed by atoms with van der Waals surface area (Å²) < 4.78 is 23.3. The Morgan fingerprint density at radius 1 is 1.00 bits per heavy atom. The van der Waals surface area contributed by atoms with E-state index < -0.39 is 0 Å². The molecule has 0 radical (unpaired) electrons. The first kappa shape index (κ1) is 24.3. The summed E-state index contributed by atoms with van der Waals surface area (Å²) in [6.07, 6.45) is 0. The fourth-order valence-corrected chi connectivity index (χ4v) is 4.72. The first-order valence-electron chi connectivity index (χ1n) is 11.7. The van der Waals surface area contributed by atoms with E-state index in [1.807, 2.05) is 56.3 Å². The molecule has 0 N–H and O–H groups in total. The number of benzene rings is 2. The predicted molar refractivity (Wildman–Crippen MR) is 134 cm³/mol. The third-order valence-corrected chi connectivity index (χ3v) is 6.47. The minimum atomic E-state index is -0.133. The van der Waals surface area contributed by atoms with Crippen molar-refractivity contribution in [1.82, 2.24) is 9.88 Å². The number of anilines is 1. The Morgan fingerprint density at radius 2 is 1.65 bits per heavy atom. The first-order valence-corrected chi connectivity index (χ1v) is 12.5. The standard InChI is InChI=1S/C25H31N3O5S/c1-3-31-19-5-7-20(8-6-19)33-18-24(29)28(12-11-27-13-15-30-16-14-27)25-26-22-10-9-21(32-4-2)17-23(22)34-25/h5-10,17H,3-4,11-16,18H2,1-2H3. The van der Waals surface area contributed by atoms with Crippen molar-refractivity contribution in [3.63, 3.8) is 0 Å².